The molecule has 1 saturated carbocycles. The average molecular weight is 306 g/mol. The van der Waals surface area contributed by atoms with E-state index in [-0.39, 0.29) is 12.0 Å². The largest absolute Gasteiger partial charge is 0.389 e. The molecule has 0 bridgehead atoms. The second-order valence-corrected chi connectivity index (χ2v) is 7.36. The summed E-state index contributed by atoms with van der Waals surface area (Å²) in [6.45, 7) is 6.59. The summed E-state index contributed by atoms with van der Waals surface area (Å²) < 4.78 is 37.0. The van der Waals surface area contributed by atoms with Gasteiger partial charge in [0.25, 0.3) is 0 Å². The maximum absolute atomic E-state index is 12.3. The van der Waals surface area contributed by atoms with Crippen LogP contribution in [0.15, 0.2) is 0 Å². The normalized spacial score (nSPS) is 28.7. The van der Waals surface area contributed by atoms with Crippen LogP contribution in [0.4, 0.5) is 13.2 Å². The molecule has 124 valence electrons. The Morgan fingerprint density at radius 3 is 2.43 bits per heavy atom. The Bertz CT molecular complexity index is 322. The van der Waals surface area contributed by atoms with Crippen LogP contribution < -0.4 is 5.32 Å². The minimum absolute atomic E-state index is 0.0449. The number of halogens is 3. The molecule has 1 N–H and O–H groups in total. The number of nitrogens with zero attached hydrogens (tertiary/aromatic N) is 1. The van der Waals surface area contributed by atoms with Crippen molar-refractivity contribution in [2.45, 2.75) is 76.6 Å². The third kappa shape index (κ3) is 5.13. The predicted molar refractivity (Wildman–Crippen MR) is 79.3 cm³/mol. The molecule has 1 atom stereocenters. The molecule has 1 aliphatic heterocycles. The molecule has 0 aromatic heterocycles. The Kier molecular flexibility index (Phi) is 5.58. The lowest BCUT2D eigenvalue weighted by molar-refractivity contribution is -0.137. The van der Waals surface area contributed by atoms with E-state index in [4.69, 9.17) is 0 Å². The molecule has 0 aromatic carbocycles. The van der Waals surface area contributed by atoms with E-state index < -0.39 is 12.6 Å². The Morgan fingerprint density at radius 1 is 1.14 bits per heavy atom. The van der Waals surface area contributed by atoms with Gasteiger partial charge in [-0.15, -0.1) is 0 Å². The minimum atomic E-state index is -4.03. The lowest BCUT2D eigenvalue weighted by Crippen LogP contribution is -2.63. The fourth-order valence-electron chi connectivity index (χ4n) is 3.76. The fourth-order valence-corrected chi connectivity index (χ4v) is 3.76. The molecule has 1 heterocycles. The van der Waals surface area contributed by atoms with Crippen molar-refractivity contribution in [1.82, 2.24) is 10.2 Å². The second kappa shape index (κ2) is 6.86. The maximum atomic E-state index is 12.3. The van der Waals surface area contributed by atoms with E-state index in [1.54, 1.807) is 0 Å². The van der Waals surface area contributed by atoms with Gasteiger partial charge in [-0.2, -0.15) is 13.2 Å². The predicted octanol–water partition coefficient (Wildman–Crippen LogP) is 3.96. The van der Waals surface area contributed by atoms with Crippen molar-refractivity contribution >= 4 is 0 Å². The van der Waals surface area contributed by atoms with E-state index >= 15 is 0 Å². The highest BCUT2D eigenvalue weighted by Crippen LogP contribution is 2.31. The first kappa shape index (κ1) is 17.1. The molecule has 0 aromatic rings. The van der Waals surface area contributed by atoms with Gasteiger partial charge < -0.3 is 5.32 Å². The number of hydrogen-bond donors (Lipinski definition) is 1. The van der Waals surface area contributed by atoms with Crippen LogP contribution in [0, 0.1) is 5.92 Å². The van der Waals surface area contributed by atoms with Gasteiger partial charge in [-0.25, -0.2) is 0 Å². The van der Waals surface area contributed by atoms with Crippen LogP contribution in [-0.4, -0.2) is 42.3 Å². The Balaban J connectivity index is 1.86. The summed E-state index contributed by atoms with van der Waals surface area (Å²) in [4.78, 5) is 2.27. The van der Waals surface area contributed by atoms with E-state index in [1.165, 1.54) is 32.1 Å². The Hall–Kier alpha value is -0.290. The molecule has 2 aliphatic rings. The zero-order chi connectivity index (χ0) is 15.5. The van der Waals surface area contributed by atoms with Crippen molar-refractivity contribution in [1.29, 1.82) is 0 Å². The average Bonchev–Trinajstić information content (AvgIpc) is 2.40. The molecule has 2 fully saturated rings. The lowest BCUT2D eigenvalue weighted by Gasteiger charge is -2.48. The van der Waals surface area contributed by atoms with Gasteiger partial charge in [-0.05, 0) is 45.6 Å². The fraction of sp³-hybridized carbons (Fsp3) is 1.00. The molecular weight excluding hydrogens is 277 g/mol. The van der Waals surface area contributed by atoms with Gasteiger partial charge in [0.15, 0.2) is 0 Å². The van der Waals surface area contributed by atoms with Crippen molar-refractivity contribution in [2.75, 3.05) is 19.6 Å². The molecule has 21 heavy (non-hydrogen) atoms. The highest BCUT2D eigenvalue weighted by Gasteiger charge is 2.37. The van der Waals surface area contributed by atoms with Crippen LogP contribution in [0.2, 0.25) is 0 Å². The SMILES string of the molecule is CC1(C)CNC(C2CCCCC2)CN1CCCC(F)(F)F. The quantitative estimate of drug-likeness (QED) is 0.845. The summed E-state index contributed by atoms with van der Waals surface area (Å²) in [5.74, 6) is 0.708. The Labute approximate surface area is 126 Å². The summed E-state index contributed by atoms with van der Waals surface area (Å²) in [5, 5.41) is 3.65. The van der Waals surface area contributed by atoms with Crippen molar-refractivity contribution < 1.29 is 13.2 Å². The number of piperazine rings is 1. The van der Waals surface area contributed by atoms with E-state index in [0.717, 1.165) is 13.1 Å². The van der Waals surface area contributed by atoms with Gasteiger partial charge in [-0.3, -0.25) is 4.90 Å². The molecule has 1 aliphatic carbocycles. The van der Waals surface area contributed by atoms with Gasteiger partial charge in [0.05, 0.1) is 0 Å². The second-order valence-electron chi connectivity index (χ2n) is 7.36. The first-order valence-electron chi connectivity index (χ1n) is 8.33. The third-order valence-corrected chi connectivity index (χ3v) is 5.18. The lowest BCUT2D eigenvalue weighted by atomic mass is 9.81. The van der Waals surface area contributed by atoms with Crippen LogP contribution in [0.25, 0.3) is 0 Å². The van der Waals surface area contributed by atoms with Crippen molar-refractivity contribution in [3.63, 3.8) is 0 Å². The summed E-state index contributed by atoms with van der Waals surface area (Å²) in [7, 11) is 0. The van der Waals surface area contributed by atoms with Gasteiger partial charge in [0.2, 0.25) is 0 Å². The van der Waals surface area contributed by atoms with Gasteiger partial charge in [-0.1, -0.05) is 19.3 Å². The van der Waals surface area contributed by atoms with Crippen molar-refractivity contribution in [3.05, 3.63) is 0 Å². The number of alkyl halides is 3. The summed E-state index contributed by atoms with van der Waals surface area (Å²) in [6.07, 6.45) is 2.01. The molecule has 5 heteroatoms. The third-order valence-electron chi connectivity index (χ3n) is 5.18. The van der Waals surface area contributed by atoms with E-state index in [1.807, 2.05) is 0 Å². The molecule has 2 rings (SSSR count). The molecule has 1 saturated heterocycles. The molecule has 2 nitrogen and oxygen atoms in total. The van der Waals surface area contributed by atoms with Crippen molar-refractivity contribution in [3.8, 4) is 0 Å². The van der Waals surface area contributed by atoms with Gasteiger partial charge in [0, 0.05) is 31.1 Å². The van der Waals surface area contributed by atoms with Gasteiger partial charge in [0.1, 0.15) is 0 Å². The van der Waals surface area contributed by atoms with Crippen molar-refractivity contribution in [2.24, 2.45) is 5.92 Å². The minimum Gasteiger partial charge on any atom is -0.311 e. The van der Waals surface area contributed by atoms with Crippen LogP contribution in [0.3, 0.4) is 0 Å². The molecule has 0 amide bonds. The molecule has 0 radical (unpaired) electrons. The number of hydrogen-bond acceptors (Lipinski definition) is 2. The first-order valence-corrected chi connectivity index (χ1v) is 8.33. The smallest absolute Gasteiger partial charge is 0.311 e. The summed E-state index contributed by atoms with van der Waals surface area (Å²) in [5.41, 5.74) is -0.0449. The monoisotopic (exact) mass is 306 g/mol. The number of rotatable bonds is 4. The highest BCUT2D eigenvalue weighted by molar-refractivity contribution is 4.95. The highest BCUT2D eigenvalue weighted by atomic mass is 19.4. The van der Waals surface area contributed by atoms with Gasteiger partial charge >= 0.3 is 6.18 Å². The van der Waals surface area contributed by atoms with Crippen LogP contribution >= 0.6 is 0 Å². The Morgan fingerprint density at radius 2 is 1.81 bits per heavy atom. The topological polar surface area (TPSA) is 15.3 Å². The molecule has 1 unspecified atom stereocenters. The summed E-state index contributed by atoms with van der Waals surface area (Å²) in [6, 6.07) is 0.462. The van der Waals surface area contributed by atoms with E-state index in [9.17, 15) is 13.2 Å². The summed E-state index contributed by atoms with van der Waals surface area (Å²) >= 11 is 0. The molecule has 0 spiro atoms. The first-order chi connectivity index (χ1) is 9.78. The number of nitrogens with one attached hydrogen (secondary N) is 1. The molecular formula is C16H29F3N2. The van der Waals surface area contributed by atoms with E-state index in [0.29, 0.717) is 18.5 Å². The van der Waals surface area contributed by atoms with Crippen LogP contribution in [0.5, 0.6) is 0 Å². The maximum Gasteiger partial charge on any atom is 0.389 e. The van der Waals surface area contributed by atoms with Crippen LogP contribution in [0.1, 0.15) is 58.8 Å². The zero-order valence-electron chi connectivity index (χ0n) is 13.3. The van der Waals surface area contributed by atoms with E-state index in [2.05, 4.69) is 24.1 Å². The zero-order valence-corrected chi connectivity index (χ0v) is 13.3. The standard InChI is InChI=1S/C16H29F3N2/c1-15(2)12-20-14(13-7-4-3-5-8-13)11-21(15)10-6-9-16(17,18)19/h13-14,20H,3-12H2,1-2H3. The van der Waals surface area contributed by atoms with Crippen LogP contribution in [-0.2, 0) is 0 Å².